The van der Waals surface area contributed by atoms with Gasteiger partial charge in [-0.3, -0.25) is 0 Å². The number of nitrogens with zero attached hydrogens (tertiary/aromatic N) is 2. The van der Waals surface area contributed by atoms with Crippen LogP contribution in [0.3, 0.4) is 0 Å². The molecule has 1 saturated heterocycles. The number of rotatable bonds is 4. The fourth-order valence-electron chi connectivity index (χ4n) is 3.61. The van der Waals surface area contributed by atoms with Gasteiger partial charge in [0, 0.05) is 32.7 Å². The summed E-state index contributed by atoms with van der Waals surface area (Å²) in [5, 5.41) is 3.13. The van der Waals surface area contributed by atoms with Crippen LogP contribution in [0.1, 0.15) is 37.7 Å². The van der Waals surface area contributed by atoms with Crippen LogP contribution in [-0.4, -0.2) is 43.7 Å². The summed E-state index contributed by atoms with van der Waals surface area (Å²) >= 11 is 0. The summed E-state index contributed by atoms with van der Waals surface area (Å²) < 4.78 is 14.1. The molecule has 1 aromatic rings. The summed E-state index contributed by atoms with van der Waals surface area (Å²) in [4.78, 5) is 16.2. The maximum atomic E-state index is 14.1. The fourth-order valence-corrected chi connectivity index (χ4v) is 3.61. The predicted octanol–water partition coefficient (Wildman–Crippen LogP) is 3.54. The highest BCUT2D eigenvalue weighted by molar-refractivity contribution is 5.74. The van der Waals surface area contributed by atoms with Crippen LogP contribution >= 0.6 is 0 Å². The Hall–Kier alpha value is -1.78. The van der Waals surface area contributed by atoms with Gasteiger partial charge in [-0.25, -0.2) is 9.18 Å². The molecule has 1 saturated carbocycles. The van der Waals surface area contributed by atoms with Gasteiger partial charge in [-0.15, -0.1) is 0 Å². The molecule has 1 N–H and O–H groups in total. The van der Waals surface area contributed by atoms with Crippen molar-refractivity contribution in [3.05, 3.63) is 29.6 Å². The Labute approximate surface area is 144 Å². The number of urea groups is 1. The lowest BCUT2D eigenvalue weighted by molar-refractivity contribution is 0.178. The van der Waals surface area contributed by atoms with Crippen LogP contribution in [0.4, 0.5) is 14.9 Å². The van der Waals surface area contributed by atoms with Crippen LogP contribution < -0.4 is 10.2 Å². The fraction of sp³-hybridized carbons (Fsp3) is 0.632. The molecular formula is C19H28FN3O. The molecule has 1 unspecified atom stereocenters. The lowest BCUT2D eigenvalue weighted by atomic mass is 9.85. The zero-order valence-corrected chi connectivity index (χ0v) is 14.7. The molecule has 4 nitrogen and oxygen atoms in total. The predicted molar refractivity (Wildman–Crippen MR) is 94.9 cm³/mol. The number of halogens is 1. The number of nitrogens with one attached hydrogen (secondary N) is 1. The summed E-state index contributed by atoms with van der Waals surface area (Å²) in [5.41, 5.74) is 1.70. The van der Waals surface area contributed by atoms with Gasteiger partial charge in [-0.2, -0.15) is 0 Å². The molecule has 5 heteroatoms. The summed E-state index contributed by atoms with van der Waals surface area (Å²) in [6.07, 6.45) is 5.68. The molecule has 3 rings (SSSR count). The van der Waals surface area contributed by atoms with Crippen molar-refractivity contribution in [2.24, 2.45) is 5.92 Å². The molecule has 0 radical (unpaired) electrons. The van der Waals surface area contributed by atoms with Gasteiger partial charge in [-0.05, 0) is 56.2 Å². The van der Waals surface area contributed by atoms with Crippen molar-refractivity contribution in [2.45, 2.75) is 45.1 Å². The molecule has 132 valence electrons. The van der Waals surface area contributed by atoms with Crippen LogP contribution in [-0.2, 0) is 0 Å². The summed E-state index contributed by atoms with van der Waals surface area (Å²) in [6.45, 7) is 4.32. The highest BCUT2D eigenvalue weighted by atomic mass is 19.1. The van der Waals surface area contributed by atoms with Gasteiger partial charge in [0.25, 0.3) is 0 Å². The van der Waals surface area contributed by atoms with E-state index in [1.807, 2.05) is 20.0 Å². The molecule has 1 aromatic carbocycles. The lowest BCUT2D eigenvalue weighted by Gasteiger charge is -2.36. The molecule has 0 bridgehead atoms. The molecule has 1 atom stereocenters. The molecule has 2 amide bonds. The second-order valence-corrected chi connectivity index (χ2v) is 7.37. The topological polar surface area (TPSA) is 35.6 Å². The van der Waals surface area contributed by atoms with Gasteiger partial charge in [0.15, 0.2) is 0 Å². The number of hydrogen-bond acceptors (Lipinski definition) is 2. The van der Waals surface area contributed by atoms with Gasteiger partial charge in [0.1, 0.15) is 5.82 Å². The minimum atomic E-state index is -0.185. The largest absolute Gasteiger partial charge is 0.367 e. The Bertz CT molecular complexity index is 588. The normalized spacial score (nSPS) is 21.3. The quantitative estimate of drug-likeness (QED) is 0.915. The molecule has 0 spiro atoms. The van der Waals surface area contributed by atoms with E-state index < -0.39 is 0 Å². The second-order valence-electron chi connectivity index (χ2n) is 7.37. The molecule has 2 aliphatic rings. The van der Waals surface area contributed by atoms with Crippen molar-refractivity contribution in [1.29, 1.82) is 0 Å². The minimum Gasteiger partial charge on any atom is -0.367 e. The third-order valence-electron chi connectivity index (χ3n) is 5.29. The molecule has 24 heavy (non-hydrogen) atoms. The van der Waals surface area contributed by atoms with E-state index in [1.165, 1.54) is 25.3 Å². The maximum Gasteiger partial charge on any atom is 0.317 e. The SMILES string of the molecule is Cc1ccc(F)c(N2CCCC(NC(=O)N(C)CC3CCC3)C2)c1. The molecule has 1 aliphatic heterocycles. The summed E-state index contributed by atoms with van der Waals surface area (Å²) in [7, 11) is 1.87. The van der Waals surface area contributed by atoms with Crippen molar-refractivity contribution in [3.63, 3.8) is 0 Å². The number of carbonyl (C=O) groups excluding carboxylic acids is 1. The molecule has 1 aliphatic carbocycles. The number of benzene rings is 1. The Morgan fingerprint density at radius 3 is 2.83 bits per heavy atom. The van der Waals surface area contributed by atoms with E-state index in [1.54, 1.807) is 11.0 Å². The van der Waals surface area contributed by atoms with Gasteiger partial charge in [-0.1, -0.05) is 12.5 Å². The smallest absolute Gasteiger partial charge is 0.317 e. The Morgan fingerprint density at radius 1 is 1.33 bits per heavy atom. The van der Waals surface area contributed by atoms with Crippen molar-refractivity contribution in [3.8, 4) is 0 Å². The number of aryl methyl sites for hydroxylation is 1. The zero-order valence-electron chi connectivity index (χ0n) is 14.7. The first kappa shape index (κ1) is 17.1. The number of hydrogen-bond donors (Lipinski definition) is 1. The standard InChI is InChI=1S/C19H28FN3O/c1-14-8-9-17(20)18(11-14)23-10-4-7-16(13-23)21-19(24)22(2)12-15-5-3-6-15/h8-9,11,15-16H,3-7,10,12-13H2,1-2H3,(H,21,24). The van der Waals surface area contributed by atoms with E-state index in [0.29, 0.717) is 18.2 Å². The Balaban J connectivity index is 1.56. The van der Waals surface area contributed by atoms with E-state index in [4.69, 9.17) is 0 Å². The lowest BCUT2D eigenvalue weighted by Crippen LogP contribution is -2.51. The number of carbonyl (C=O) groups is 1. The molecule has 0 aromatic heterocycles. The molecule has 1 heterocycles. The molecule has 2 fully saturated rings. The van der Waals surface area contributed by atoms with Crippen LogP contribution in [0.25, 0.3) is 0 Å². The van der Waals surface area contributed by atoms with E-state index >= 15 is 0 Å². The minimum absolute atomic E-state index is 0.00142. The van der Waals surface area contributed by atoms with E-state index in [9.17, 15) is 9.18 Å². The monoisotopic (exact) mass is 333 g/mol. The van der Waals surface area contributed by atoms with Gasteiger partial charge in [0.05, 0.1) is 5.69 Å². The van der Waals surface area contributed by atoms with Crippen LogP contribution in [0.2, 0.25) is 0 Å². The first-order valence-electron chi connectivity index (χ1n) is 9.05. The zero-order chi connectivity index (χ0) is 17.1. The third kappa shape index (κ3) is 4.00. The summed E-state index contributed by atoms with van der Waals surface area (Å²) in [5.74, 6) is 0.486. The van der Waals surface area contributed by atoms with E-state index in [2.05, 4.69) is 10.2 Å². The van der Waals surface area contributed by atoms with Crippen LogP contribution in [0.5, 0.6) is 0 Å². The Morgan fingerprint density at radius 2 is 2.12 bits per heavy atom. The first-order chi connectivity index (χ1) is 11.5. The van der Waals surface area contributed by atoms with Gasteiger partial charge in [0.2, 0.25) is 0 Å². The van der Waals surface area contributed by atoms with E-state index in [-0.39, 0.29) is 17.9 Å². The first-order valence-corrected chi connectivity index (χ1v) is 9.05. The molecular weight excluding hydrogens is 305 g/mol. The van der Waals surface area contributed by atoms with Crippen LogP contribution in [0.15, 0.2) is 18.2 Å². The van der Waals surface area contributed by atoms with Crippen molar-refractivity contribution in [2.75, 3.05) is 31.6 Å². The number of anilines is 1. The third-order valence-corrected chi connectivity index (χ3v) is 5.29. The Kier molecular flexibility index (Phi) is 5.27. The summed E-state index contributed by atoms with van der Waals surface area (Å²) in [6, 6.07) is 5.28. The second kappa shape index (κ2) is 7.41. The number of piperidine rings is 1. The number of amides is 2. The van der Waals surface area contributed by atoms with Crippen molar-refractivity contribution in [1.82, 2.24) is 10.2 Å². The highest BCUT2D eigenvalue weighted by Crippen LogP contribution is 2.27. The van der Waals surface area contributed by atoms with Gasteiger partial charge >= 0.3 is 6.03 Å². The van der Waals surface area contributed by atoms with Crippen molar-refractivity contribution >= 4 is 11.7 Å². The van der Waals surface area contributed by atoms with Crippen LogP contribution in [0, 0.1) is 18.7 Å². The average Bonchev–Trinajstić information content (AvgIpc) is 2.53. The maximum absolute atomic E-state index is 14.1. The van der Waals surface area contributed by atoms with Crippen molar-refractivity contribution < 1.29 is 9.18 Å². The van der Waals surface area contributed by atoms with Gasteiger partial charge < -0.3 is 15.1 Å². The highest BCUT2D eigenvalue weighted by Gasteiger charge is 2.26. The average molecular weight is 333 g/mol. The van der Waals surface area contributed by atoms with E-state index in [0.717, 1.165) is 31.5 Å².